The summed E-state index contributed by atoms with van der Waals surface area (Å²) in [6.45, 7) is 4.18. The summed E-state index contributed by atoms with van der Waals surface area (Å²) >= 11 is 0. The molecule has 0 unspecified atom stereocenters. The lowest BCUT2D eigenvalue weighted by Crippen LogP contribution is -2.43. The molecule has 4 nitrogen and oxygen atoms in total. The van der Waals surface area contributed by atoms with Crippen LogP contribution in [0.4, 0.5) is 0 Å². The third-order valence-electron chi connectivity index (χ3n) is 3.14. The zero-order chi connectivity index (χ0) is 14.1. The molecule has 0 aliphatic carbocycles. The Morgan fingerprint density at radius 1 is 1.26 bits per heavy atom. The Labute approximate surface area is 116 Å². The second-order valence-corrected chi connectivity index (χ2v) is 7.75. The highest BCUT2D eigenvalue weighted by molar-refractivity contribution is 6.74. The van der Waals surface area contributed by atoms with Gasteiger partial charge in [-0.25, -0.2) is 0 Å². The molecular weight excluding hydrogens is 256 g/mol. The van der Waals surface area contributed by atoms with Gasteiger partial charge in [0, 0.05) is 33.9 Å². The van der Waals surface area contributed by atoms with Gasteiger partial charge < -0.3 is 19.9 Å². The maximum Gasteiger partial charge on any atom is 0.365 e. The summed E-state index contributed by atoms with van der Waals surface area (Å²) in [6.07, 6.45) is 2.14. The first-order valence-electron chi connectivity index (χ1n) is 6.43. The summed E-state index contributed by atoms with van der Waals surface area (Å²) in [6, 6.07) is 10.2. The molecule has 0 radical (unpaired) electrons. The second-order valence-electron chi connectivity index (χ2n) is 4.40. The molecule has 19 heavy (non-hydrogen) atoms. The van der Waals surface area contributed by atoms with Crippen LogP contribution in [0.2, 0.25) is 6.55 Å². The van der Waals surface area contributed by atoms with Crippen molar-refractivity contribution >= 4 is 14.6 Å². The fourth-order valence-electron chi connectivity index (χ4n) is 1.76. The fraction of sp³-hybridized carbons (Fsp3) is 0.429. The van der Waals surface area contributed by atoms with Crippen LogP contribution < -0.4 is 11.1 Å². The van der Waals surface area contributed by atoms with E-state index in [1.54, 1.807) is 14.2 Å². The number of rotatable bonds is 8. The molecule has 0 aliphatic rings. The van der Waals surface area contributed by atoms with Crippen LogP contribution >= 0.6 is 0 Å². The summed E-state index contributed by atoms with van der Waals surface area (Å²) in [4.78, 5) is 0. The first-order valence-corrected chi connectivity index (χ1v) is 8.75. The van der Waals surface area contributed by atoms with Gasteiger partial charge in [0.2, 0.25) is 0 Å². The number of hydrogen-bond acceptors (Lipinski definition) is 4. The van der Waals surface area contributed by atoms with E-state index in [1.807, 2.05) is 24.7 Å². The van der Waals surface area contributed by atoms with Gasteiger partial charge in [0.25, 0.3) is 0 Å². The van der Waals surface area contributed by atoms with Crippen LogP contribution in [0.3, 0.4) is 0 Å². The van der Waals surface area contributed by atoms with E-state index in [9.17, 15) is 0 Å². The second kappa shape index (κ2) is 8.24. The zero-order valence-corrected chi connectivity index (χ0v) is 13.0. The minimum atomic E-state index is -2.30. The maximum absolute atomic E-state index is 5.63. The quantitative estimate of drug-likeness (QED) is 0.560. The first-order chi connectivity index (χ1) is 9.16. The molecule has 3 N–H and O–H groups in total. The van der Waals surface area contributed by atoms with E-state index in [-0.39, 0.29) is 0 Å². The molecule has 106 valence electrons. The van der Waals surface area contributed by atoms with E-state index >= 15 is 0 Å². The molecule has 0 heterocycles. The molecule has 0 saturated carbocycles. The SMILES string of the molecule is CO[Si](C)(OC)C(=Cc1ccccc1)CNCCN. The maximum atomic E-state index is 5.63. The molecule has 1 aromatic carbocycles. The van der Waals surface area contributed by atoms with Crippen molar-refractivity contribution < 1.29 is 8.85 Å². The fourth-order valence-corrected chi connectivity index (χ4v) is 3.33. The summed E-state index contributed by atoms with van der Waals surface area (Å²) in [5.74, 6) is 0. The van der Waals surface area contributed by atoms with Crippen molar-refractivity contribution in [2.45, 2.75) is 6.55 Å². The molecule has 0 aromatic heterocycles. The summed E-state index contributed by atoms with van der Waals surface area (Å²) < 4.78 is 11.3. The molecule has 0 bridgehead atoms. The predicted octanol–water partition coefficient (Wildman–Crippen LogP) is 1.52. The van der Waals surface area contributed by atoms with E-state index in [0.29, 0.717) is 6.54 Å². The largest absolute Gasteiger partial charge is 0.395 e. The van der Waals surface area contributed by atoms with Crippen molar-refractivity contribution in [3.05, 3.63) is 41.1 Å². The number of nitrogens with two attached hydrogens (primary N) is 1. The predicted molar refractivity (Wildman–Crippen MR) is 82.0 cm³/mol. The van der Waals surface area contributed by atoms with Crippen molar-refractivity contribution in [1.29, 1.82) is 0 Å². The topological polar surface area (TPSA) is 56.5 Å². The Hall–Kier alpha value is -0.983. The minimum absolute atomic E-state index is 0.622. The highest BCUT2D eigenvalue weighted by Crippen LogP contribution is 2.19. The lowest BCUT2D eigenvalue weighted by Gasteiger charge is -2.26. The summed E-state index contributed by atoms with van der Waals surface area (Å²) in [5.41, 5.74) is 6.66. The minimum Gasteiger partial charge on any atom is -0.395 e. The number of hydrogen-bond donors (Lipinski definition) is 2. The van der Waals surface area contributed by atoms with Gasteiger partial charge >= 0.3 is 8.56 Å². The van der Waals surface area contributed by atoms with Crippen LogP contribution in [0.15, 0.2) is 35.5 Å². The van der Waals surface area contributed by atoms with Crippen molar-refractivity contribution in [1.82, 2.24) is 5.32 Å². The average Bonchev–Trinajstić information content (AvgIpc) is 2.46. The summed E-state index contributed by atoms with van der Waals surface area (Å²) in [5, 5.41) is 4.48. The lowest BCUT2D eigenvalue weighted by atomic mass is 10.2. The first kappa shape index (κ1) is 16.1. The molecule has 0 fully saturated rings. The molecule has 0 saturated heterocycles. The van der Waals surface area contributed by atoms with Crippen molar-refractivity contribution in [3.8, 4) is 0 Å². The van der Waals surface area contributed by atoms with Crippen LogP contribution in [-0.2, 0) is 8.85 Å². The molecule has 0 atom stereocenters. The smallest absolute Gasteiger partial charge is 0.365 e. The highest BCUT2D eigenvalue weighted by atomic mass is 28.4. The van der Waals surface area contributed by atoms with Gasteiger partial charge in [-0.05, 0) is 17.3 Å². The van der Waals surface area contributed by atoms with Crippen LogP contribution in [0.25, 0.3) is 6.08 Å². The standard InChI is InChI=1S/C14H24N2O2Si/c1-17-19(3,18-2)14(12-16-10-9-15)11-13-7-5-4-6-8-13/h4-8,11,16H,9-10,12,15H2,1-3H3. The van der Waals surface area contributed by atoms with Crippen LogP contribution in [0, 0.1) is 0 Å². The van der Waals surface area contributed by atoms with Crippen LogP contribution in [-0.4, -0.2) is 42.4 Å². The Bertz CT molecular complexity index is 392. The van der Waals surface area contributed by atoms with Gasteiger partial charge in [0.15, 0.2) is 0 Å². The third-order valence-corrected chi connectivity index (χ3v) is 6.19. The molecule has 5 heteroatoms. The molecule has 1 rings (SSSR count). The van der Waals surface area contributed by atoms with Gasteiger partial charge in [-0.3, -0.25) is 0 Å². The Balaban J connectivity index is 2.94. The van der Waals surface area contributed by atoms with E-state index in [2.05, 4.69) is 23.5 Å². The Morgan fingerprint density at radius 2 is 1.89 bits per heavy atom. The normalized spacial score (nSPS) is 12.7. The Kier molecular flexibility index (Phi) is 6.97. The van der Waals surface area contributed by atoms with Crippen molar-refractivity contribution in [3.63, 3.8) is 0 Å². The molecule has 0 spiro atoms. The van der Waals surface area contributed by atoms with Gasteiger partial charge in [-0.2, -0.15) is 0 Å². The van der Waals surface area contributed by atoms with Crippen molar-refractivity contribution in [2.75, 3.05) is 33.9 Å². The summed E-state index contributed by atoms with van der Waals surface area (Å²) in [7, 11) is 1.11. The van der Waals surface area contributed by atoms with Crippen molar-refractivity contribution in [2.24, 2.45) is 5.73 Å². The average molecular weight is 280 g/mol. The number of benzene rings is 1. The van der Waals surface area contributed by atoms with E-state index in [0.717, 1.165) is 23.8 Å². The molecule has 1 aromatic rings. The van der Waals surface area contributed by atoms with Crippen LogP contribution in [0.1, 0.15) is 5.56 Å². The molecule has 0 amide bonds. The zero-order valence-electron chi connectivity index (χ0n) is 12.0. The lowest BCUT2D eigenvalue weighted by molar-refractivity contribution is 0.259. The van der Waals surface area contributed by atoms with Gasteiger partial charge in [-0.1, -0.05) is 36.4 Å². The Morgan fingerprint density at radius 3 is 2.42 bits per heavy atom. The third kappa shape index (κ3) is 4.89. The monoisotopic (exact) mass is 280 g/mol. The van der Waals surface area contributed by atoms with Gasteiger partial charge in [0.1, 0.15) is 0 Å². The van der Waals surface area contributed by atoms with Crippen LogP contribution in [0.5, 0.6) is 0 Å². The van der Waals surface area contributed by atoms with E-state index < -0.39 is 8.56 Å². The molecular formula is C14H24N2O2Si. The number of nitrogens with one attached hydrogen (secondary N) is 1. The highest BCUT2D eigenvalue weighted by Gasteiger charge is 2.33. The molecule has 0 aliphatic heterocycles. The van der Waals surface area contributed by atoms with E-state index in [1.165, 1.54) is 0 Å². The van der Waals surface area contributed by atoms with Gasteiger partial charge in [0.05, 0.1) is 0 Å². The van der Waals surface area contributed by atoms with Gasteiger partial charge in [-0.15, -0.1) is 0 Å². The van der Waals surface area contributed by atoms with E-state index in [4.69, 9.17) is 14.6 Å².